The first-order chi connectivity index (χ1) is 14.4. The van der Waals surface area contributed by atoms with Crippen LogP contribution in [-0.4, -0.2) is 37.5 Å². The smallest absolute Gasteiger partial charge is 0.330 e. The second-order valence-electron chi connectivity index (χ2n) is 8.53. The Morgan fingerprint density at radius 2 is 1.97 bits per heavy atom. The lowest BCUT2D eigenvalue weighted by atomic mass is 9.81. The molecule has 3 aromatic heterocycles. The first-order valence-corrected chi connectivity index (χ1v) is 9.94. The Bertz CT molecular complexity index is 1320. The summed E-state index contributed by atoms with van der Waals surface area (Å²) in [5, 5.41) is 9.51. The Morgan fingerprint density at radius 1 is 1.17 bits per heavy atom. The van der Waals surface area contributed by atoms with Gasteiger partial charge in [0.05, 0.1) is 12.1 Å². The molecule has 0 saturated carbocycles. The van der Waals surface area contributed by atoms with Crippen LogP contribution < -0.4 is 5.69 Å². The quantitative estimate of drug-likeness (QED) is 0.476. The summed E-state index contributed by atoms with van der Waals surface area (Å²) in [6.07, 6.45) is 2.25. The average molecular weight is 407 g/mol. The molecular formula is C22H22FN5O2. The first kappa shape index (κ1) is 18.9. The molecule has 1 aromatic carbocycles. The predicted octanol–water partition coefficient (Wildman–Crippen LogP) is 3.47. The molecule has 4 aromatic rings. The number of halogens is 1. The molecule has 0 radical (unpaired) electrons. The third-order valence-electron chi connectivity index (χ3n) is 6.05. The molecule has 4 heterocycles. The zero-order valence-corrected chi connectivity index (χ0v) is 17.1. The van der Waals surface area contributed by atoms with Crippen LogP contribution in [-0.2, 0) is 11.8 Å². The van der Waals surface area contributed by atoms with Gasteiger partial charge >= 0.3 is 5.69 Å². The minimum Gasteiger partial charge on any atom is -0.381 e. The van der Waals surface area contributed by atoms with Gasteiger partial charge in [-0.1, -0.05) is 19.9 Å². The molecule has 1 fully saturated rings. The Hall–Kier alpha value is -3.13. The Labute approximate surface area is 172 Å². The molecule has 7 nitrogen and oxygen atoms in total. The zero-order valence-electron chi connectivity index (χ0n) is 17.1. The maximum Gasteiger partial charge on any atom is 0.330 e. The van der Waals surface area contributed by atoms with E-state index in [2.05, 4.69) is 29.0 Å². The maximum atomic E-state index is 13.3. The van der Waals surface area contributed by atoms with Gasteiger partial charge in [-0.05, 0) is 36.2 Å². The summed E-state index contributed by atoms with van der Waals surface area (Å²) < 4.78 is 22.4. The minimum atomic E-state index is -0.522. The highest BCUT2D eigenvalue weighted by Gasteiger charge is 2.37. The molecule has 1 atom stereocenters. The molecular weight excluding hydrogens is 385 g/mol. The van der Waals surface area contributed by atoms with E-state index in [0.29, 0.717) is 24.4 Å². The predicted molar refractivity (Wildman–Crippen MR) is 112 cm³/mol. The number of ether oxygens (including phenoxy) is 1. The fourth-order valence-corrected chi connectivity index (χ4v) is 4.40. The molecule has 0 N–H and O–H groups in total. The number of aromatic nitrogens is 5. The second kappa shape index (κ2) is 6.70. The SMILES string of the molecule is Cn1c(=O)n(C2CCOCC2(C)C)c2c3cc(-c4ccc(F)nc4)ccc3nnc21. The van der Waals surface area contributed by atoms with Crippen LogP contribution in [0.1, 0.15) is 26.3 Å². The van der Waals surface area contributed by atoms with E-state index in [4.69, 9.17) is 4.74 Å². The molecule has 0 aliphatic carbocycles. The number of benzene rings is 1. The van der Waals surface area contributed by atoms with Crippen molar-refractivity contribution in [2.24, 2.45) is 12.5 Å². The standard InChI is InChI=1S/C22H22FN5O2/c1-22(2)12-30-9-8-17(22)28-19-15-10-13(14-5-7-18(23)24-11-14)4-6-16(15)25-26-20(19)27(3)21(28)29/h4-7,10-11,17H,8-9,12H2,1-3H3. The van der Waals surface area contributed by atoms with Crippen molar-refractivity contribution >= 4 is 22.1 Å². The fraction of sp³-hybridized carbons (Fsp3) is 0.364. The van der Waals surface area contributed by atoms with Crippen molar-refractivity contribution in [2.45, 2.75) is 26.3 Å². The van der Waals surface area contributed by atoms with Gasteiger partial charge in [-0.25, -0.2) is 9.78 Å². The molecule has 1 unspecified atom stereocenters. The van der Waals surface area contributed by atoms with Crippen molar-refractivity contribution in [3.63, 3.8) is 0 Å². The van der Waals surface area contributed by atoms with Gasteiger partial charge in [-0.3, -0.25) is 9.13 Å². The van der Waals surface area contributed by atoms with Crippen molar-refractivity contribution in [2.75, 3.05) is 13.2 Å². The molecule has 0 spiro atoms. The largest absolute Gasteiger partial charge is 0.381 e. The molecule has 1 aliphatic rings. The maximum absolute atomic E-state index is 13.3. The highest BCUT2D eigenvalue weighted by molar-refractivity contribution is 6.02. The third kappa shape index (κ3) is 2.82. The van der Waals surface area contributed by atoms with Crippen LogP contribution in [0.25, 0.3) is 33.2 Å². The number of nitrogens with zero attached hydrogens (tertiary/aromatic N) is 5. The molecule has 5 rings (SSSR count). The number of fused-ring (bicyclic) bond motifs is 3. The molecule has 154 valence electrons. The summed E-state index contributed by atoms with van der Waals surface area (Å²) in [5.41, 5.74) is 3.36. The van der Waals surface area contributed by atoms with E-state index in [-0.39, 0.29) is 17.1 Å². The summed E-state index contributed by atoms with van der Waals surface area (Å²) in [6.45, 7) is 5.44. The summed E-state index contributed by atoms with van der Waals surface area (Å²) in [5.74, 6) is -0.522. The average Bonchev–Trinajstić information content (AvgIpc) is 2.99. The van der Waals surface area contributed by atoms with Gasteiger partial charge in [0.2, 0.25) is 5.95 Å². The Morgan fingerprint density at radius 3 is 2.70 bits per heavy atom. The van der Waals surface area contributed by atoms with Gasteiger partial charge in [0.25, 0.3) is 0 Å². The lowest BCUT2D eigenvalue weighted by molar-refractivity contribution is -0.0253. The fourth-order valence-electron chi connectivity index (χ4n) is 4.40. The van der Waals surface area contributed by atoms with Crippen molar-refractivity contribution in [1.82, 2.24) is 24.3 Å². The van der Waals surface area contributed by atoms with E-state index in [1.165, 1.54) is 12.3 Å². The first-order valence-electron chi connectivity index (χ1n) is 9.94. The van der Waals surface area contributed by atoms with Gasteiger partial charge in [-0.15, -0.1) is 10.2 Å². The highest BCUT2D eigenvalue weighted by Crippen LogP contribution is 2.39. The molecule has 1 saturated heterocycles. The van der Waals surface area contributed by atoms with Crippen molar-refractivity contribution < 1.29 is 9.13 Å². The van der Waals surface area contributed by atoms with E-state index in [9.17, 15) is 9.18 Å². The summed E-state index contributed by atoms with van der Waals surface area (Å²) >= 11 is 0. The molecule has 30 heavy (non-hydrogen) atoms. The van der Waals surface area contributed by atoms with E-state index < -0.39 is 5.95 Å². The van der Waals surface area contributed by atoms with E-state index in [0.717, 1.165) is 28.5 Å². The van der Waals surface area contributed by atoms with Gasteiger partial charge in [0, 0.05) is 42.3 Å². The Kier molecular flexibility index (Phi) is 4.21. The van der Waals surface area contributed by atoms with Crippen LogP contribution in [0.5, 0.6) is 0 Å². The van der Waals surface area contributed by atoms with Crippen LogP contribution in [0.3, 0.4) is 0 Å². The van der Waals surface area contributed by atoms with Crippen LogP contribution >= 0.6 is 0 Å². The highest BCUT2D eigenvalue weighted by atomic mass is 19.1. The summed E-state index contributed by atoms with van der Waals surface area (Å²) in [4.78, 5) is 17.0. The van der Waals surface area contributed by atoms with Crippen LogP contribution in [0, 0.1) is 11.4 Å². The van der Waals surface area contributed by atoms with Crippen LogP contribution in [0.4, 0.5) is 4.39 Å². The zero-order chi connectivity index (χ0) is 21.0. The topological polar surface area (TPSA) is 74.8 Å². The van der Waals surface area contributed by atoms with E-state index in [1.807, 2.05) is 22.8 Å². The third-order valence-corrected chi connectivity index (χ3v) is 6.05. The monoisotopic (exact) mass is 407 g/mol. The van der Waals surface area contributed by atoms with Crippen LogP contribution in [0.15, 0.2) is 41.3 Å². The molecule has 8 heteroatoms. The van der Waals surface area contributed by atoms with Gasteiger partial charge in [-0.2, -0.15) is 4.39 Å². The number of pyridine rings is 1. The number of hydrogen-bond donors (Lipinski definition) is 0. The number of rotatable bonds is 2. The van der Waals surface area contributed by atoms with Crippen molar-refractivity contribution in [3.8, 4) is 11.1 Å². The van der Waals surface area contributed by atoms with Crippen molar-refractivity contribution in [1.29, 1.82) is 0 Å². The van der Waals surface area contributed by atoms with E-state index in [1.54, 1.807) is 17.7 Å². The molecule has 0 bridgehead atoms. The number of imidazole rings is 1. The molecule has 0 amide bonds. The minimum absolute atomic E-state index is 0.0222. The van der Waals surface area contributed by atoms with E-state index >= 15 is 0 Å². The summed E-state index contributed by atoms with van der Waals surface area (Å²) in [7, 11) is 1.72. The second-order valence-corrected chi connectivity index (χ2v) is 8.53. The van der Waals surface area contributed by atoms with Crippen molar-refractivity contribution in [3.05, 3.63) is 53.0 Å². The van der Waals surface area contributed by atoms with Gasteiger partial charge < -0.3 is 4.74 Å². The van der Waals surface area contributed by atoms with Crippen LogP contribution in [0.2, 0.25) is 0 Å². The number of hydrogen-bond acceptors (Lipinski definition) is 5. The van der Waals surface area contributed by atoms with Gasteiger partial charge in [0.1, 0.15) is 5.52 Å². The lowest BCUT2D eigenvalue weighted by Crippen LogP contribution is -2.41. The lowest BCUT2D eigenvalue weighted by Gasteiger charge is -2.38. The summed E-state index contributed by atoms with van der Waals surface area (Å²) in [6, 6.07) is 8.76. The Balaban J connectivity index is 1.82. The normalized spacial score (nSPS) is 18.9. The molecule has 1 aliphatic heterocycles. The van der Waals surface area contributed by atoms with Gasteiger partial charge in [0.15, 0.2) is 5.65 Å². The number of aryl methyl sites for hydroxylation is 1.